The predicted molar refractivity (Wildman–Crippen MR) is 50.0 cm³/mol. The zero-order valence-electron chi connectivity index (χ0n) is 7.64. The van der Waals surface area contributed by atoms with Crippen LogP contribution >= 0.6 is 11.5 Å². The second-order valence-corrected chi connectivity index (χ2v) is 3.95. The molecule has 1 amide bonds. The zero-order valence-corrected chi connectivity index (χ0v) is 8.46. The van der Waals surface area contributed by atoms with Crippen LogP contribution in [0.4, 0.5) is 5.00 Å². The number of carbonyl (C=O) groups excluding carboxylic acids is 1. The van der Waals surface area contributed by atoms with E-state index < -0.39 is 17.3 Å². The summed E-state index contributed by atoms with van der Waals surface area (Å²) in [6.07, 6.45) is 1.36. The molecule has 1 rings (SSSR count). The molecule has 0 aromatic carbocycles. The van der Waals surface area contributed by atoms with Gasteiger partial charge in [0.25, 0.3) is 0 Å². The highest BCUT2D eigenvalue weighted by molar-refractivity contribution is 7.10. The standard InChI is InChI=1S/C7H9N3O3S/c1-7(2,6(12)13)5(11)9-4-3-8-10-14-4/h3H,1-2H3,(H,9,11)(H,12,13). The van der Waals surface area contributed by atoms with E-state index in [4.69, 9.17) is 5.11 Å². The number of carbonyl (C=O) groups is 2. The van der Waals surface area contributed by atoms with Crippen molar-refractivity contribution < 1.29 is 14.7 Å². The molecule has 0 atom stereocenters. The van der Waals surface area contributed by atoms with Crippen LogP contribution in [-0.4, -0.2) is 26.6 Å². The van der Waals surface area contributed by atoms with Crippen LogP contribution in [0.15, 0.2) is 6.20 Å². The highest BCUT2D eigenvalue weighted by Crippen LogP contribution is 2.19. The number of hydrogen-bond donors (Lipinski definition) is 2. The minimum Gasteiger partial charge on any atom is -0.480 e. The van der Waals surface area contributed by atoms with E-state index in [9.17, 15) is 9.59 Å². The lowest BCUT2D eigenvalue weighted by Crippen LogP contribution is -2.37. The molecule has 0 radical (unpaired) electrons. The van der Waals surface area contributed by atoms with Gasteiger partial charge in [0.05, 0.1) is 6.20 Å². The van der Waals surface area contributed by atoms with Gasteiger partial charge in [0.15, 0.2) is 0 Å². The number of anilines is 1. The summed E-state index contributed by atoms with van der Waals surface area (Å²) in [6, 6.07) is 0. The molecule has 2 N–H and O–H groups in total. The Kier molecular flexibility index (Phi) is 2.80. The summed E-state index contributed by atoms with van der Waals surface area (Å²) >= 11 is 0.993. The van der Waals surface area contributed by atoms with Crippen molar-refractivity contribution in [3.63, 3.8) is 0 Å². The van der Waals surface area contributed by atoms with Crippen molar-refractivity contribution in [2.75, 3.05) is 5.32 Å². The number of carboxylic acid groups (broad SMARTS) is 1. The number of hydrogen-bond acceptors (Lipinski definition) is 5. The van der Waals surface area contributed by atoms with Gasteiger partial charge in [-0.05, 0) is 13.8 Å². The Bertz CT molecular complexity index is 347. The van der Waals surface area contributed by atoms with Gasteiger partial charge in [-0.15, -0.1) is 5.10 Å². The fourth-order valence-electron chi connectivity index (χ4n) is 0.587. The number of rotatable bonds is 3. The van der Waals surface area contributed by atoms with E-state index in [1.54, 1.807) is 0 Å². The molecular formula is C7H9N3O3S. The maximum Gasteiger partial charge on any atom is 0.318 e. The lowest BCUT2D eigenvalue weighted by Gasteiger charge is -2.16. The number of nitrogens with one attached hydrogen (secondary N) is 1. The van der Waals surface area contributed by atoms with Crippen LogP contribution in [0.5, 0.6) is 0 Å². The van der Waals surface area contributed by atoms with Crippen LogP contribution in [-0.2, 0) is 9.59 Å². The van der Waals surface area contributed by atoms with Crippen molar-refractivity contribution in [3.05, 3.63) is 6.20 Å². The summed E-state index contributed by atoms with van der Waals surface area (Å²) in [7, 11) is 0. The third kappa shape index (κ3) is 2.05. The minimum absolute atomic E-state index is 0.435. The third-order valence-corrected chi connectivity index (χ3v) is 2.28. The Hall–Kier alpha value is -1.50. The Balaban J connectivity index is 2.72. The first kappa shape index (κ1) is 10.6. The highest BCUT2D eigenvalue weighted by atomic mass is 32.1. The molecule has 76 valence electrons. The average Bonchev–Trinajstić information content (AvgIpc) is 2.56. The largest absolute Gasteiger partial charge is 0.480 e. The van der Waals surface area contributed by atoms with Crippen LogP contribution in [0, 0.1) is 5.41 Å². The number of nitrogens with zero attached hydrogens (tertiary/aromatic N) is 2. The van der Waals surface area contributed by atoms with Crippen LogP contribution in [0.1, 0.15) is 13.8 Å². The Morgan fingerprint density at radius 3 is 2.64 bits per heavy atom. The molecule has 0 aliphatic carbocycles. The van der Waals surface area contributed by atoms with E-state index in [-0.39, 0.29) is 0 Å². The minimum atomic E-state index is -1.45. The van der Waals surface area contributed by atoms with Gasteiger partial charge in [-0.1, -0.05) is 4.49 Å². The van der Waals surface area contributed by atoms with E-state index in [1.165, 1.54) is 20.0 Å². The van der Waals surface area contributed by atoms with Gasteiger partial charge in [-0.3, -0.25) is 9.59 Å². The first-order valence-corrected chi connectivity index (χ1v) is 4.54. The van der Waals surface area contributed by atoms with Crippen molar-refractivity contribution in [3.8, 4) is 0 Å². The number of amides is 1. The van der Waals surface area contributed by atoms with Crippen LogP contribution in [0.2, 0.25) is 0 Å². The van der Waals surface area contributed by atoms with Crippen LogP contribution in [0.25, 0.3) is 0 Å². The van der Waals surface area contributed by atoms with Gasteiger partial charge in [-0.25, -0.2) is 0 Å². The summed E-state index contributed by atoms with van der Waals surface area (Å²) in [5.74, 6) is -1.76. The number of carboxylic acids is 1. The Labute approximate surface area is 84.1 Å². The normalized spacial score (nSPS) is 11.0. The molecule has 1 aromatic heterocycles. The van der Waals surface area contributed by atoms with Gasteiger partial charge in [0.1, 0.15) is 10.4 Å². The molecular weight excluding hydrogens is 206 g/mol. The van der Waals surface area contributed by atoms with E-state index >= 15 is 0 Å². The van der Waals surface area contributed by atoms with E-state index in [1.807, 2.05) is 0 Å². The molecule has 0 saturated heterocycles. The number of aliphatic carboxylic acids is 1. The molecule has 7 heteroatoms. The lowest BCUT2D eigenvalue weighted by molar-refractivity contribution is -0.151. The Morgan fingerprint density at radius 2 is 2.21 bits per heavy atom. The molecule has 0 saturated carbocycles. The molecule has 1 aromatic rings. The van der Waals surface area contributed by atoms with Crippen molar-refractivity contribution >= 4 is 28.4 Å². The monoisotopic (exact) mass is 215 g/mol. The fraction of sp³-hybridized carbons (Fsp3) is 0.429. The SMILES string of the molecule is CC(C)(C(=O)O)C(=O)Nc1cnns1. The summed E-state index contributed by atoms with van der Waals surface area (Å²) in [5.41, 5.74) is -1.45. The van der Waals surface area contributed by atoms with E-state index in [0.29, 0.717) is 5.00 Å². The smallest absolute Gasteiger partial charge is 0.318 e. The van der Waals surface area contributed by atoms with Gasteiger partial charge >= 0.3 is 5.97 Å². The molecule has 0 aliphatic heterocycles. The fourth-order valence-corrected chi connectivity index (χ4v) is 1.00. The maximum absolute atomic E-state index is 11.4. The number of aromatic nitrogens is 2. The summed E-state index contributed by atoms with van der Waals surface area (Å²) in [6.45, 7) is 2.66. The van der Waals surface area contributed by atoms with E-state index in [2.05, 4.69) is 14.9 Å². The molecule has 0 spiro atoms. The molecule has 0 fully saturated rings. The third-order valence-electron chi connectivity index (χ3n) is 1.70. The predicted octanol–water partition coefficient (Wildman–Crippen LogP) is 0.587. The second-order valence-electron chi connectivity index (χ2n) is 3.17. The lowest BCUT2D eigenvalue weighted by atomic mass is 9.93. The quantitative estimate of drug-likeness (QED) is 0.720. The van der Waals surface area contributed by atoms with Gasteiger partial charge in [-0.2, -0.15) is 0 Å². The van der Waals surface area contributed by atoms with E-state index in [0.717, 1.165) is 11.5 Å². The van der Waals surface area contributed by atoms with Crippen LogP contribution < -0.4 is 5.32 Å². The topological polar surface area (TPSA) is 92.2 Å². The van der Waals surface area contributed by atoms with Crippen molar-refractivity contribution in [1.82, 2.24) is 9.59 Å². The van der Waals surface area contributed by atoms with Gasteiger partial charge in [0, 0.05) is 11.5 Å². The maximum atomic E-state index is 11.4. The molecule has 1 heterocycles. The zero-order chi connectivity index (χ0) is 10.8. The van der Waals surface area contributed by atoms with Crippen LogP contribution in [0.3, 0.4) is 0 Å². The molecule has 6 nitrogen and oxygen atoms in total. The Morgan fingerprint density at radius 1 is 1.57 bits per heavy atom. The summed E-state index contributed by atoms with van der Waals surface area (Å²) in [5, 5.41) is 15.1. The summed E-state index contributed by atoms with van der Waals surface area (Å²) < 4.78 is 3.53. The molecule has 0 aliphatic rings. The van der Waals surface area contributed by atoms with Crippen molar-refractivity contribution in [1.29, 1.82) is 0 Å². The molecule has 0 unspecified atom stereocenters. The first-order valence-electron chi connectivity index (χ1n) is 3.77. The average molecular weight is 215 g/mol. The van der Waals surface area contributed by atoms with Crippen molar-refractivity contribution in [2.45, 2.75) is 13.8 Å². The highest BCUT2D eigenvalue weighted by Gasteiger charge is 2.36. The van der Waals surface area contributed by atoms with Gasteiger partial charge < -0.3 is 10.4 Å². The first-order chi connectivity index (χ1) is 6.44. The second kappa shape index (κ2) is 3.70. The molecule has 14 heavy (non-hydrogen) atoms. The van der Waals surface area contributed by atoms with Gasteiger partial charge in [0.2, 0.25) is 5.91 Å². The summed E-state index contributed by atoms with van der Waals surface area (Å²) in [4.78, 5) is 22.1. The van der Waals surface area contributed by atoms with Crippen molar-refractivity contribution in [2.24, 2.45) is 5.41 Å². The molecule has 0 bridgehead atoms.